The first-order valence-corrected chi connectivity index (χ1v) is 27.1. The van der Waals surface area contributed by atoms with E-state index in [1.807, 2.05) is 55.1 Å². The van der Waals surface area contributed by atoms with Gasteiger partial charge in [0.2, 0.25) is 0 Å². The normalized spacial score (nSPS) is 12.6. The molecule has 0 unspecified atom stereocenters. The summed E-state index contributed by atoms with van der Waals surface area (Å²) in [4.78, 5) is 25.1. The molecule has 0 amide bonds. The molecule has 7 heteroatoms. The van der Waals surface area contributed by atoms with Gasteiger partial charge in [-0.3, -0.25) is 19.8 Å². The first kappa shape index (κ1) is 45.4. The van der Waals surface area contributed by atoms with Crippen molar-refractivity contribution in [3.63, 3.8) is 0 Å². The van der Waals surface area contributed by atoms with Gasteiger partial charge in [0, 0.05) is 75.0 Å². The van der Waals surface area contributed by atoms with Crippen molar-refractivity contribution in [1.29, 1.82) is 0 Å². The molecule has 374 valence electrons. The maximum absolute atomic E-state index is 5.43. The number of para-hydroxylation sites is 4. The lowest BCUT2D eigenvalue weighted by Crippen LogP contribution is -2.26. The lowest BCUT2D eigenvalue weighted by molar-refractivity contribution is 0.802. The van der Waals surface area contributed by atoms with E-state index in [0.29, 0.717) is 0 Å². The van der Waals surface area contributed by atoms with Crippen molar-refractivity contribution in [1.82, 2.24) is 24.5 Å². The van der Waals surface area contributed by atoms with Crippen LogP contribution in [0.5, 0.6) is 0 Å². The van der Waals surface area contributed by atoms with Crippen LogP contribution in [-0.4, -0.2) is 24.5 Å². The fourth-order valence-electron chi connectivity index (χ4n) is 13.2. The molecule has 1 spiro atoms. The summed E-state index contributed by atoms with van der Waals surface area (Å²) >= 11 is 0. The molecule has 80 heavy (non-hydrogen) atoms. The quantitative estimate of drug-likeness (QED) is 0.144. The summed E-state index contributed by atoms with van der Waals surface area (Å²) in [6.45, 7) is 0. The van der Waals surface area contributed by atoms with Gasteiger partial charge in [0.05, 0.1) is 33.5 Å². The van der Waals surface area contributed by atoms with Crippen LogP contribution >= 0.6 is 0 Å². The zero-order valence-corrected chi connectivity index (χ0v) is 43.3. The monoisotopic (exact) mass is 1020 g/mol. The smallest absolute Gasteiger partial charge is 0.147 e. The number of hydrogen-bond donors (Lipinski definition) is 0. The Morgan fingerprint density at radius 1 is 0.338 bits per heavy atom. The van der Waals surface area contributed by atoms with E-state index in [-0.39, 0.29) is 0 Å². The molecule has 0 N–H and O–H groups in total. The summed E-state index contributed by atoms with van der Waals surface area (Å²) in [6, 6.07) is 94.0. The molecule has 5 heterocycles. The molecule has 0 saturated carbocycles. The number of anilines is 6. The molecule has 0 aliphatic heterocycles. The van der Waals surface area contributed by atoms with Crippen molar-refractivity contribution >= 4 is 67.0 Å². The average molecular weight is 1020 g/mol. The summed E-state index contributed by atoms with van der Waals surface area (Å²) in [5.74, 6) is 1.57. The fraction of sp³-hybridized carbons (Fsp3) is 0.0137. The Morgan fingerprint density at radius 3 is 1.51 bits per heavy atom. The van der Waals surface area contributed by atoms with Crippen LogP contribution < -0.4 is 9.80 Å². The van der Waals surface area contributed by atoms with Crippen LogP contribution in [-0.2, 0) is 5.41 Å². The lowest BCUT2D eigenvalue weighted by Gasteiger charge is -2.33. The summed E-state index contributed by atoms with van der Waals surface area (Å²) in [5, 5.41) is 4.58. The van der Waals surface area contributed by atoms with Crippen LogP contribution in [0.15, 0.2) is 286 Å². The van der Waals surface area contributed by atoms with Crippen LogP contribution in [0.4, 0.5) is 34.4 Å². The van der Waals surface area contributed by atoms with Gasteiger partial charge < -0.3 is 4.57 Å². The zero-order valence-electron chi connectivity index (χ0n) is 43.3. The number of fused-ring (bicyclic) bond motifs is 15. The molecule has 9 aromatic carbocycles. The predicted octanol–water partition coefficient (Wildman–Crippen LogP) is 18.1. The van der Waals surface area contributed by atoms with Crippen LogP contribution in [0, 0.1) is 0 Å². The SMILES string of the molecule is c1ccc(N(c2ccc3c4c(ccc3c2)-c2c(cc3c5ccccc5n(-c5ccccc5)c3c2N(c2ccccc2)c2ncccc2-c2ccccn2)C42c3ccccc3-c3ccccc32)c2ncccc2-c2ccccn2)cc1. The van der Waals surface area contributed by atoms with E-state index in [0.717, 1.165) is 106 Å². The zero-order chi connectivity index (χ0) is 52.7. The second-order valence-electron chi connectivity index (χ2n) is 20.5. The van der Waals surface area contributed by atoms with Crippen LogP contribution in [0.2, 0.25) is 0 Å². The predicted molar refractivity (Wildman–Crippen MR) is 326 cm³/mol. The van der Waals surface area contributed by atoms with Gasteiger partial charge in [-0.05, 0) is 159 Å². The molecule has 2 aliphatic rings. The molecule has 0 radical (unpaired) electrons. The Hall–Kier alpha value is -10.8. The van der Waals surface area contributed by atoms with Gasteiger partial charge in [0.1, 0.15) is 11.6 Å². The van der Waals surface area contributed by atoms with Crippen molar-refractivity contribution in [2.45, 2.75) is 5.41 Å². The number of aromatic nitrogens is 5. The van der Waals surface area contributed by atoms with Crippen molar-refractivity contribution in [2.24, 2.45) is 0 Å². The number of benzene rings is 9. The second-order valence-corrected chi connectivity index (χ2v) is 20.5. The molecule has 7 nitrogen and oxygen atoms in total. The summed E-state index contributed by atoms with van der Waals surface area (Å²) in [6.07, 6.45) is 7.50. The lowest BCUT2D eigenvalue weighted by atomic mass is 9.69. The highest BCUT2D eigenvalue weighted by Crippen LogP contribution is 2.67. The third-order valence-electron chi connectivity index (χ3n) is 16.3. The standard InChI is InChI=1S/C73H47N7/c1-4-22-49(23-5-1)78(71-57(31-20-44-76-71)64-35-16-18-42-74-64)52-39-41-53-48(46-52)38-40-59-67-63(73(68(53)59)61-33-13-10-28-54(61)55-29-11-14-34-62(55)73)47-60-56-30-12-15-37-66(56)79(50-24-6-2-7-25-50)69(60)70(67)80(51-26-8-3-9-27-51)72-58(32-21-45-77-72)65-36-17-19-43-75-65/h1-47H. The Kier molecular flexibility index (Phi) is 10.3. The van der Waals surface area contributed by atoms with Crippen LogP contribution in [0.3, 0.4) is 0 Å². The number of pyridine rings is 4. The van der Waals surface area contributed by atoms with Crippen molar-refractivity contribution in [2.75, 3.05) is 9.80 Å². The molecule has 5 aromatic heterocycles. The van der Waals surface area contributed by atoms with Gasteiger partial charge in [-0.1, -0.05) is 152 Å². The summed E-state index contributed by atoms with van der Waals surface area (Å²) in [5.41, 5.74) is 19.8. The van der Waals surface area contributed by atoms with Gasteiger partial charge >= 0.3 is 0 Å². The van der Waals surface area contributed by atoms with E-state index < -0.39 is 5.41 Å². The number of nitrogens with zero attached hydrogens (tertiary/aromatic N) is 7. The molecule has 0 atom stereocenters. The highest BCUT2D eigenvalue weighted by atomic mass is 15.2. The van der Waals surface area contributed by atoms with Gasteiger partial charge in [-0.2, -0.15) is 0 Å². The highest BCUT2D eigenvalue weighted by molar-refractivity contribution is 6.21. The third kappa shape index (κ3) is 6.67. The van der Waals surface area contributed by atoms with Gasteiger partial charge in [-0.15, -0.1) is 0 Å². The second kappa shape index (κ2) is 18.2. The van der Waals surface area contributed by atoms with Crippen LogP contribution in [0.25, 0.3) is 83.0 Å². The molecule has 14 aromatic rings. The van der Waals surface area contributed by atoms with Gasteiger partial charge in [-0.25, -0.2) is 9.97 Å². The largest absolute Gasteiger partial charge is 0.307 e. The van der Waals surface area contributed by atoms with E-state index in [1.54, 1.807) is 0 Å². The van der Waals surface area contributed by atoms with E-state index in [2.05, 4.69) is 245 Å². The molecular formula is C73H47N7. The molecule has 16 rings (SSSR count). The number of rotatable bonds is 9. The van der Waals surface area contributed by atoms with Crippen LogP contribution in [0.1, 0.15) is 22.3 Å². The van der Waals surface area contributed by atoms with Crippen molar-refractivity contribution in [3.05, 3.63) is 308 Å². The van der Waals surface area contributed by atoms with E-state index >= 15 is 0 Å². The minimum atomic E-state index is -0.764. The molecule has 2 aliphatic carbocycles. The topological polar surface area (TPSA) is 63.0 Å². The van der Waals surface area contributed by atoms with E-state index in [4.69, 9.17) is 19.9 Å². The highest BCUT2D eigenvalue weighted by Gasteiger charge is 2.54. The minimum absolute atomic E-state index is 0.764. The van der Waals surface area contributed by atoms with Gasteiger partial charge in [0.25, 0.3) is 0 Å². The van der Waals surface area contributed by atoms with E-state index in [1.165, 1.54) is 33.4 Å². The number of hydrogen-bond acceptors (Lipinski definition) is 6. The van der Waals surface area contributed by atoms with E-state index in [9.17, 15) is 0 Å². The first-order valence-electron chi connectivity index (χ1n) is 27.1. The summed E-state index contributed by atoms with van der Waals surface area (Å²) in [7, 11) is 0. The Labute approximate surface area is 462 Å². The minimum Gasteiger partial charge on any atom is -0.307 e. The summed E-state index contributed by atoms with van der Waals surface area (Å²) < 4.78 is 2.48. The van der Waals surface area contributed by atoms with Crippen molar-refractivity contribution in [3.8, 4) is 50.5 Å². The first-order chi connectivity index (χ1) is 39.8. The van der Waals surface area contributed by atoms with Gasteiger partial charge in [0.15, 0.2) is 0 Å². The maximum atomic E-state index is 5.43. The van der Waals surface area contributed by atoms with Crippen molar-refractivity contribution < 1.29 is 0 Å². The molecule has 0 saturated heterocycles. The Balaban J connectivity index is 1.07. The molecule has 0 bridgehead atoms. The fourth-order valence-corrected chi connectivity index (χ4v) is 13.2. The molecular weight excluding hydrogens is 975 g/mol. The average Bonchev–Trinajstić information content (AvgIpc) is 4.33. The Bertz CT molecular complexity index is 4670. The third-order valence-corrected chi connectivity index (χ3v) is 16.3. The maximum Gasteiger partial charge on any atom is 0.147 e. The Morgan fingerprint density at radius 2 is 0.875 bits per heavy atom. The molecule has 0 fully saturated rings.